The first-order chi connectivity index (χ1) is 7.66. The van der Waals surface area contributed by atoms with E-state index in [2.05, 4.69) is 0 Å². The third-order valence-electron chi connectivity index (χ3n) is 2.21. The van der Waals surface area contributed by atoms with Crippen molar-refractivity contribution in [2.24, 2.45) is 0 Å². The predicted octanol–water partition coefficient (Wildman–Crippen LogP) is 2.59. The van der Waals surface area contributed by atoms with Crippen LogP contribution in [0.15, 0.2) is 48.5 Å². The summed E-state index contributed by atoms with van der Waals surface area (Å²) in [5.74, 6) is -0.541. The summed E-state index contributed by atoms with van der Waals surface area (Å²) in [6.45, 7) is -1.33. The molecule has 0 saturated heterocycles. The largest absolute Gasteiger partial charge is 0.207 e. The van der Waals surface area contributed by atoms with Gasteiger partial charge in [0.25, 0.3) is 0 Å². The molecule has 4 heteroatoms. The van der Waals surface area contributed by atoms with Crippen LogP contribution >= 0.6 is 6.70 Å². The van der Waals surface area contributed by atoms with Crippen LogP contribution in [0.5, 0.6) is 0 Å². The third kappa shape index (κ3) is 2.55. The molecule has 0 spiro atoms. The van der Waals surface area contributed by atoms with Gasteiger partial charge in [-0.25, -0.2) is 8.78 Å². The predicted molar refractivity (Wildman–Crippen MR) is 67.7 cm³/mol. The molecule has 0 unspecified atom stereocenters. The number of hydrogen-bond acceptors (Lipinski definition) is 1. The molecule has 0 saturated carbocycles. The van der Waals surface area contributed by atoms with Gasteiger partial charge in [-0.15, -0.1) is 0 Å². The van der Waals surface area contributed by atoms with E-state index in [9.17, 15) is 8.78 Å². The van der Waals surface area contributed by atoms with Crippen LogP contribution in [-0.4, -0.2) is 0 Å². The van der Waals surface area contributed by atoms with Crippen LogP contribution in [0.4, 0.5) is 8.78 Å². The summed E-state index contributed by atoms with van der Waals surface area (Å²) in [6, 6.07) is 12.4. The van der Waals surface area contributed by atoms with Crippen LogP contribution in [0.3, 0.4) is 0 Å². The number of hydrogen-bond donors (Lipinski definition) is 0. The lowest BCUT2D eigenvalue weighted by molar-refractivity contribution is 0.628. The number of rotatable bonds is 2. The molecule has 0 aliphatic rings. The van der Waals surface area contributed by atoms with E-state index in [1.807, 2.05) is 0 Å². The average molecular weight is 254 g/mol. The van der Waals surface area contributed by atoms with Crippen LogP contribution in [0.1, 0.15) is 0 Å². The van der Waals surface area contributed by atoms with Crippen molar-refractivity contribution in [2.45, 2.75) is 0 Å². The minimum Gasteiger partial charge on any atom is -0.207 e. The summed E-state index contributed by atoms with van der Waals surface area (Å²) < 4.78 is 25.5. The zero-order valence-corrected chi connectivity index (χ0v) is 10.1. The fraction of sp³-hybridized carbons (Fsp3) is 0. The van der Waals surface area contributed by atoms with Crippen molar-refractivity contribution in [3.05, 3.63) is 60.2 Å². The lowest BCUT2D eigenvalue weighted by Crippen LogP contribution is -2.06. The molecule has 82 valence electrons. The highest BCUT2D eigenvalue weighted by Gasteiger charge is 2.03. The Labute approximate surface area is 98.4 Å². The summed E-state index contributed by atoms with van der Waals surface area (Å²) in [6.07, 6.45) is 0. The summed E-state index contributed by atoms with van der Waals surface area (Å²) >= 11 is 5.41. The van der Waals surface area contributed by atoms with Gasteiger partial charge in [-0.1, -0.05) is 36.1 Å². The zero-order chi connectivity index (χ0) is 11.5. The van der Waals surface area contributed by atoms with Crippen molar-refractivity contribution in [1.82, 2.24) is 0 Å². The lowest BCUT2D eigenvalue weighted by Gasteiger charge is -2.05. The molecule has 0 atom stereocenters. The smallest absolute Gasteiger partial charge is 0.123 e. The minimum atomic E-state index is -1.33. The highest BCUT2D eigenvalue weighted by molar-refractivity contribution is 8.12. The molecule has 0 nitrogen and oxygen atoms in total. The maximum atomic E-state index is 12.7. The molecule has 2 aromatic carbocycles. The maximum Gasteiger partial charge on any atom is 0.123 e. The first-order valence-corrected chi connectivity index (χ1v) is 7.36. The molecular weight excluding hydrogens is 245 g/mol. The topological polar surface area (TPSA) is 0 Å². The summed E-state index contributed by atoms with van der Waals surface area (Å²) in [4.78, 5) is 0. The second-order valence-corrected chi connectivity index (χ2v) is 6.38. The quantitative estimate of drug-likeness (QED) is 0.742. The van der Waals surface area contributed by atoms with Gasteiger partial charge < -0.3 is 0 Å². The zero-order valence-electron chi connectivity index (χ0n) is 8.28. The highest BCUT2D eigenvalue weighted by atomic mass is 32.4. The fourth-order valence-electron chi connectivity index (χ4n) is 1.37. The maximum absolute atomic E-state index is 12.7. The van der Waals surface area contributed by atoms with Gasteiger partial charge in [-0.3, -0.25) is 0 Å². The Hall–Kier alpha value is -1.05. The molecule has 0 radical (unpaired) electrons. The van der Waals surface area contributed by atoms with Crippen LogP contribution in [0.25, 0.3) is 0 Å². The number of halogens is 2. The van der Waals surface area contributed by atoms with Gasteiger partial charge >= 0.3 is 0 Å². The Morgan fingerprint density at radius 1 is 0.688 bits per heavy atom. The Morgan fingerprint density at radius 2 is 1.00 bits per heavy atom. The van der Waals surface area contributed by atoms with Gasteiger partial charge in [-0.05, 0) is 41.6 Å². The second kappa shape index (κ2) is 4.86. The Balaban J connectivity index is 2.32. The highest BCUT2D eigenvalue weighted by Crippen LogP contribution is 2.19. The Morgan fingerprint density at radius 3 is 1.31 bits per heavy atom. The van der Waals surface area contributed by atoms with Gasteiger partial charge in [0.15, 0.2) is 0 Å². The van der Waals surface area contributed by atoms with Crippen molar-refractivity contribution < 1.29 is 8.78 Å². The van der Waals surface area contributed by atoms with Gasteiger partial charge in [0.05, 0.1) is 0 Å². The first-order valence-electron chi connectivity index (χ1n) is 4.72. The molecular formula is C12H9F2PS. The standard InChI is InChI=1S/C12H9F2PS/c13-9-1-5-11(6-2-9)15(16)12-7-3-10(14)4-8-12/h1-8,15H. The molecule has 0 fully saturated rings. The van der Waals surface area contributed by atoms with Gasteiger partial charge in [0, 0.05) is 0 Å². The van der Waals surface area contributed by atoms with Crippen molar-refractivity contribution >= 4 is 29.1 Å². The van der Waals surface area contributed by atoms with E-state index >= 15 is 0 Å². The molecule has 2 aromatic rings. The SMILES string of the molecule is Fc1ccc([PH](=S)c2ccc(F)cc2)cc1. The molecule has 0 bridgehead atoms. The summed E-state index contributed by atoms with van der Waals surface area (Å²) in [5, 5.41) is 1.88. The lowest BCUT2D eigenvalue weighted by atomic mass is 10.3. The number of benzene rings is 2. The van der Waals surface area contributed by atoms with Crippen molar-refractivity contribution in [2.75, 3.05) is 0 Å². The molecule has 2 rings (SSSR count). The van der Waals surface area contributed by atoms with Crippen molar-refractivity contribution in [1.29, 1.82) is 0 Å². The van der Waals surface area contributed by atoms with Crippen molar-refractivity contribution in [3.63, 3.8) is 0 Å². The van der Waals surface area contributed by atoms with E-state index < -0.39 is 6.70 Å². The van der Waals surface area contributed by atoms with Crippen LogP contribution < -0.4 is 10.6 Å². The first kappa shape index (κ1) is 11.4. The molecule has 0 aliphatic carbocycles. The van der Waals surface area contributed by atoms with E-state index in [1.165, 1.54) is 24.3 Å². The second-order valence-electron chi connectivity index (χ2n) is 3.34. The summed E-state index contributed by atoms with van der Waals surface area (Å²) in [7, 11) is 0. The average Bonchev–Trinajstić information content (AvgIpc) is 2.30. The van der Waals surface area contributed by atoms with Crippen LogP contribution in [-0.2, 0) is 11.8 Å². The summed E-state index contributed by atoms with van der Waals surface area (Å²) in [5.41, 5.74) is 0. The van der Waals surface area contributed by atoms with Crippen molar-refractivity contribution in [3.8, 4) is 0 Å². The van der Waals surface area contributed by atoms with Crippen LogP contribution in [0, 0.1) is 11.6 Å². The van der Waals surface area contributed by atoms with Gasteiger partial charge in [-0.2, -0.15) is 0 Å². The van der Waals surface area contributed by atoms with Gasteiger partial charge in [0.2, 0.25) is 0 Å². The van der Waals surface area contributed by atoms with E-state index in [0.29, 0.717) is 0 Å². The van der Waals surface area contributed by atoms with E-state index in [0.717, 1.165) is 10.6 Å². The van der Waals surface area contributed by atoms with Crippen LogP contribution in [0.2, 0.25) is 0 Å². The fourth-order valence-corrected chi connectivity index (χ4v) is 3.46. The Kier molecular flexibility index (Phi) is 3.47. The minimum absolute atomic E-state index is 0.271. The third-order valence-corrected chi connectivity index (χ3v) is 5.34. The molecule has 0 N–H and O–H groups in total. The van der Waals surface area contributed by atoms with E-state index in [1.54, 1.807) is 24.3 Å². The molecule has 0 aromatic heterocycles. The monoisotopic (exact) mass is 254 g/mol. The normalized spacial score (nSPS) is 10.7. The van der Waals surface area contributed by atoms with E-state index in [4.69, 9.17) is 11.8 Å². The van der Waals surface area contributed by atoms with E-state index in [-0.39, 0.29) is 11.6 Å². The molecule has 0 aliphatic heterocycles. The Bertz CT molecular complexity index is 458. The van der Waals surface area contributed by atoms with Gasteiger partial charge in [0.1, 0.15) is 11.6 Å². The molecule has 16 heavy (non-hydrogen) atoms. The molecule has 0 heterocycles. The molecule has 0 amide bonds.